The molecule has 2 saturated heterocycles. The minimum Gasteiger partial charge on any atom is -0.497 e. The predicted molar refractivity (Wildman–Crippen MR) is 300 cm³/mol. The molecule has 0 aromatic heterocycles. The van der Waals surface area contributed by atoms with E-state index in [0.717, 1.165) is 38.9 Å². The molecule has 0 bridgehead atoms. The fourth-order valence-corrected chi connectivity index (χ4v) is 10.9. The maximum Gasteiger partial charge on any atom is 0.186 e. The van der Waals surface area contributed by atoms with E-state index in [0.29, 0.717) is 37.9 Å². The van der Waals surface area contributed by atoms with Gasteiger partial charge in [0.15, 0.2) is 17.5 Å². The molecular weight excluding hydrogens is 1000 g/mol. The van der Waals surface area contributed by atoms with Gasteiger partial charge in [0.25, 0.3) is 0 Å². The van der Waals surface area contributed by atoms with Gasteiger partial charge in [0.1, 0.15) is 48.5 Å². The van der Waals surface area contributed by atoms with Gasteiger partial charge in [-0.2, -0.15) is 0 Å². The first-order chi connectivity index (χ1) is 38.5. The number of benzene rings is 7. The Kier molecular flexibility index (Phi) is 21.9. The summed E-state index contributed by atoms with van der Waals surface area (Å²) in [7, 11) is 3.26. The number of methoxy groups -OCH3 is 2. The molecule has 0 radical (unpaired) electrons. The molecule has 10 atom stereocenters. The van der Waals surface area contributed by atoms with Crippen LogP contribution in [0.4, 0.5) is 0 Å². The van der Waals surface area contributed by atoms with Crippen LogP contribution in [-0.2, 0) is 91.7 Å². The zero-order valence-corrected chi connectivity index (χ0v) is 45.5. The highest BCUT2D eigenvalue weighted by atomic mass is 32.2. The van der Waals surface area contributed by atoms with Crippen LogP contribution < -0.4 is 4.74 Å². The van der Waals surface area contributed by atoms with Crippen LogP contribution in [0, 0.1) is 0 Å². The predicted octanol–water partition coefficient (Wildman–Crippen LogP) is 12.1. The molecule has 0 spiro atoms. The lowest BCUT2D eigenvalue weighted by molar-refractivity contribution is -0.330. The normalized spacial score (nSPS) is 23.5. The zero-order chi connectivity index (χ0) is 53.6. The number of hydrogen-bond acceptors (Lipinski definition) is 13. The van der Waals surface area contributed by atoms with E-state index < -0.39 is 60.2 Å². The van der Waals surface area contributed by atoms with E-state index >= 15 is 0 Å². The molecule has 2 fully saturated rings. The standard InChI is InChI=1S/C65H72O12S/c1-4-78-65(47-69-40-49-25-13-6-14-26-49)62(59(71-42-51-29-17-8-18-30-51)57(77-65)45-68-39-48-23-11-5-12-24-48)76-63(54-35-37-55(66-2)38-36-54)74-46-56-58(70-41-50-27-15-7-16-28-50)60(72-43-52-31-19-9-20-32-52)61(64(67-3)75-56)73-44-53-33-21-10-22-34-53/h5-38,56-64H,4,39-47H2,1-3H3/t56-,57-,58-,59-,60+,61+,62+,63?,64+,65-/m1/s1. The van der Waals surface area contributed by atoms with Crippen molar-refractivity contribution in [3.63, 3.8) is 0 Å². The van der Waals surface area contributed by atoms with Gasteiger partial charge in [-0.15, -0.1) is 11.8 Å². The average Bonchev–Trinajstić information content (AvgIpc) is 3.81. The van der Waals surface area contributed by atoms with Crippen LogP contribution in [0.3, 0.4) is 0 Å². The van der Waals surface area contributed by atoms with E-state index in [2.05, 4.69) is 31.2 Å². The first-order valence-electron chi connectivity index (χ1n) is 26.8. The molecule has 2 heterocycles. The number of hydrogen-bond donors (Lipinski definition) is 0. The van der Waals surface area contributed by atoms with Gasteiger partial charge in [-0.25, -0.2) is 0 Å². The van der Waals surface area contributed by atoms with Crippen molar-refractivity contribution in [1.82, 2.24) is 0 Å². The summed E-state index contributed by atoms with van der Waals surface area (Å²) < 4.78 is 81.7. The van der Waals surface area contributed by atoms with E-state index in [-0.39, 0.29) is 33.0 Å². The molecule has 9 rings (SSSR count). The van der Waals surface area contributed by atoms with Crippen molar-refractivity contribution in [2.24, 2.45) is 0 Å². The lowest BCUT2D eigenvalue weighted by Gasteiger charge is -2.46. The third-order valence-corrected chi connectivity index (χ3v) is 14.9. The maximum atomic E-state index is 7.53. The molecule has 78 heavy (non-hydrogen) atoms. The monoisotopic (exact) mass is 1080 g/mol. The Morgan fingerprint density at radius 1 is 0.462 bits per heavy atom. The fourth-order valence-electron chi connectivity index (χ4n) is 9.74. The Balaban J connectivity index is 1.07. The lowest BCUT2D eigenvalue weighted by Crippen LogP contribution is -2.61. The molecule has 2 aliphatic heterocycles. The highest BCUT2D eigenvalue weighted by molar-refractivity contribution is 8.00. The van der Waals surface area contributed by atoms with Crippen LogP contribution >= 0.6 is 11.8 Å². The minimum absolute atomic E-state index is 0.0161. The molecule has 0 amide bonds. The van der Waals surface area contributed by atoms with E-state index in [4.69, 9.17) is 56.8 Å². The van der Waals surface area contributed by atoms with Crippen molar-refractivity contribution in [2.45, 2.75) is 107 Å². The third kappa shape index (κ3) is 16.0. The molecule has 7 aromatic carbocycles. The van der Waals surface area contributed by atoms with Crippen LogP contribution in [0.5, 0.6) is 5.75 Å². The number of thioether (sulfide) groups is 1. The molecule has 0 saturated carbocycles. The van der Waals surface area contributed by atoms with Crippen LogP contribution in [-0.4, -0.2) is 93.7 Å². The van der Waals surface area contributed by atoms with Gasteiger partial charge in [0, 0.05) is 12.7 Å². The largest absolute Gasteiger partial charge is 0.497 e. The molecular formula is C65H72O12S. The van der Waals surface area contributed by atoms with Gasteiger partial charge < -0.3 is 56.8 Å². The second-order valence-corrected chi connectivity index (χ2v) is 20.8. The summed E-state index contributed by atoms with van der Waals surface area (Å²) in [6, 6.07) is 68.2. The lowest BCUT2D eigenvalue weighted by atomic mass is 9.97. The smallest absolute Gasteiger partial charge is 0.186 e. The molecule has 1 unspecified atom stereocenters. The highest BCUT2D eigenvalue weighted by Gasteiger charge is 2.58. The molecule has 0 N–H and O–H groups in total. The van der Waals surface area contributed by atoms with Crippen molar-refractivity contribution < 1.29 is 56.8 Å². The van der Waals surface area contributed by atoms with Gasteiger partial charge >= 0.3 is 0 Å². The topological polar surface area (TPSA) is 111 Å². The van der Waals surface area contributed by atoms with Crippen molar-refractivity contribution in [2.75, 3.05) is 39.8 Å². The molecule has 2 aliphatic rings. The SMILES string of the molecule is CCS[C@@]1(COCc2ccccc2)O[C@H](COCc2ccccc2)[C@@H](OCc2ccccc2)[C@@H]1OC(OC[C@H]1O[C@H](OC)[C@@H](OCc2ccccc2)[C@@H](OCc2ccccc2)[C@@H]1OCc1ccccc1)c1ccc(OC)cc1. The molecule has 13 heteroatoms. The first kappa shape index (κ1) is 57.0. The summed E-state index contributed by atoms with van der Waals surface area (Å²) in [4.78, 5) is -1.09. The maximum absolute atomic E-state index is 7.53. The summed E-state index contributed by atoms with van der Waals surface area (Å²) in [6.07, 6.45) is -6.76. The molecule has 7 aromatic rings. The van der Waals surface area contributed by atoms with Crippen LogP contribution in [0.2, 0.25) is 0 Å². The molecule has 410 valence electrons. The van der Waals surface area contributed by atoms with Gasteiger partial charge in [-0.05, 0) is 51.3 Å². The third-order valence-electron chi connectivity index (χ3n) is 13.7. The zero-order valence-electron chi connectivity index (χ0n) is 44.7. The summed E-state index contributed by atoms with van der Waals surface area (Å²) in [5.74, 6) is 1.36. The second kappa shape index (κ2) is 30.0. The van der Waals surface area contributed by atoms with Crippen molar-refractivity contribution in [3.8, 4) is 5.75 Å². The first-order valence-corrected chi connectivity index (χ1v) is 27.8. The number of ether oxygens (including phenoxy) is 12. The van der Waals surface area contributed by atoms with Crippen molar-refractivity contribution >= 4 is 11.8 Å². The number of rotatable bonds is 30. The summed E-state index contributed by atoms with van der Waals surface area (Å²) in [6.45, 7) is 4.37. The van der Waals surface area contributed by atoms with Crippen LogP contribution in [0.1, 0.15) is 52.2 Å². The summed E-state index contributed by atoms with van der Waals surface area (Å²) in [5, 5.41) is 0. The van der Waals surface area contributed by atoms with Crippen molar-refractivity contribution in [3.05, 3.63) is 245 Å². The Morgan fingerprint density at radius 3 is 1.36 bits per heavy atom. The van der Waals surface area contributed by atoms with Gasteiger partial charge in [-0.1, -0.05) is 201 Å². The summed E-state index contributed by atoms with van der Waals surface area (Å²) >= 11 is 1.62. The highest BCUT2D eigenvalue weighted by Crippen LogP contribution is 2.46. The van der Waals surface area contributed by atoms with Crippen LogP contribution in [0.25, 0.3) is 0 Å². The minimum atomic E-state index is -1.09. The van der Waals surface area contributed by atoms with E-state index in [1.165, 1.54) is 0 Å². The Labute approximate surface area is 464 Å². The average molecular weight is 1080 g/mol. The van der Waals surface area contributed by atoms with Crippen molar-refractivity contribution in [1.29, 1.82) is 0 Å². The molecule has 12 nitrogen and oxygen atoms in total. The quantitative estimate of drug-likeness (QED) is 0.0399. The van der Waals surface area contributed by atoms with Gasteiger partial charge in [-0.3, -0.25) is 0 Å². The Morgan fingerprint density at radius 2 is 0.897 bits per heavy atom. The summed E-state index contributed by atoms with van der Waals surface area (Å²) in [5.41, 5.74) is 6.79. The fraction of sp³-hybridized carbons (Fsp3) is 0.354. The molecule has 0 aliphatic carbocycles. The van der Waals surface area contributed by atoms with Gasteiger partial charge in [0.05, 0.1) is 66.6 Å². The van der Waals surface area contributed by atoms with Gasteiger partial charge in [0.2, 0.25) is 0 Å². The van der Waals surface area contributed by atoms with E-state index in [9.17, 15) is 0 Å². The van der Waals surface area contributed by atoms with E-state index in [1.807, 2.05) is 182 Å². The Hall–Kier alpha value is -5.75. The van der Waals surface area contributed by atoms with Crippen LogP contribution in [0.15, 0.2) is 206 Å². The second-order valence-electron chi connectivity index (χ2n) is 19.2. The Bertz CT molecular complexity index is 2730. The van der Waals surface area contributed by atoms with E-state index in [1.54, 1.807) is 26.0 Å².